The summed E-state index contributed by atoms with van der Waals surface area (Å²) in [6, 6.07) is 0. The molecule has 0 aromatic rings. The van der Waals surface area contributed by atoms with Crippen molar-refractivity contribution in [3.63, 3.8) is 0 Å². The Morgan fingerprint density at radius 3 is 3.00 bits per heavy atom. The summed E-state index contributed by atoms with van der Waals surface area (Å²) in [5.41, 5.74) is 0.833. The third kappa shape index (κ3) is 1.17. The fourth-order valence-electron chi connectivity index (χ4n) is 0.606. The van der Waals surface area contributed by atoms with Gasteiger partial charge in [0.05, 0.1) is 0 Å². The minimum atomic E-state index is 0.833. The lowest BCUT2D eigenvalue weighted by molar-refractivity contribution is 0.980. The second kappa shape index (κ2) is 2.32. The second-order valence-electron chi connectivity index (χ2n) is 1.66. The molecule has 0 saturated carbocycles. The number of nitrogens with one attached hydrogen (secondary N) is 1. The Hall–Kier alpha value is -0.0300. The van der Waals surface area contributed by atoms with E-state index in [0.717, 1.165) is 14.4 Å². The van der Waals surface area contributed by atoms with Crippen molar-refractivity contribution in [3.8, 4) is 0 Å². The average molecular weight is 115 g/mol. The fourth-order valence-corrected chi connectivity index (χ4v) is 1.41. The molecular formula is C5H10NP. The second-order valence-corrected chi connectivity index (χ2v) is 2.98. The van der Waals surface area contributed by atoms with Crippen molar-refractivity contribution in [2.75, 3.05) is 0 Å². The van der Waals surface area contributed by atoms with Gasteiger partial charge < -0.3 is 5.09 Å². The van der Waals surface area contributed by atoms with E-state index in [4.69, 9.17) is 0 Å². The van der Waals surface area contributed by atoms with E-state index in [-0.39, 0.29) is 0 Å². The van der Waals surface area contributed by atoms with Crippen LogP contribution in [0.15, 0.2) is 12.3 Å². The van der Waals surface area contributed by atoms with Gasteiger partial charge in [-0.25, -0.2) is 0 Å². The van der Waals surface area contributed by atoms with Crippen LogP contribution in [-0.4, -0.2) is 5.66 Å². The zero-order chi connectivity index (χ0) is 5.11. The van der Waals surface area contributed by atoms with Crippen molar-refractivity contribution in [2.24, 2.45) is 0 Å². The first-order valence-corrected chi connectivity index (χ1v) is 3.69. The van der Waals surface area contributed by atoms with Crippen LogP contribution in [0, 0.1) is 0 Å². The Balaban J connectivity index is 2.28. The third-order valence-electron chi connectivity index (χ3n) is 1.12. The van der Waals surface area contributed by atoms with Crippen LogP contribution in [-0.2, 0) is 0 Å². The van der Waals surface area contributed by atoms with Gasteiger partial charge in [-0.05, 0) is 21.4 Å². The largest absolute Gasteiger partial charge is 0.372 e. The Morgan fingerprint density at radius 1 is 1.86 bits per heavy atom. The predicted molar refractivity (Wildman–Crippen MR) is 34.7 cm³/mol. The molecule has 1 N–H and O–H groups in total. The lowest BCUT2D eigenvalue weighted by atomic mass is 10.3. The molecule has 1 aliphatic rings. The first kappa shape index (κ1) is 5.11. The third-order valence-corrected chi connectivity index (χ3v) is 2.43. The smallest absolute Gasteiger partial charge is 0.0138 e. The van der Waals surface area contributed by atoms with E-state index in [1.165, 1.54) is 6.42 Å². The molecule has 1 nitrogen and oxygen atoms in total. The van der Waals surface area contributed by atoms with Crippen LogP contribution in [0.25, 0.3) is 0 Å². The molecule has 0 bridgehead atoms. The van der Waals surface area contributed by atoms with E-state index in [1.54, 1.807) is 0 Å². The van der Waals surface area contributed by atoms with E-state index in [9.17, 15) is 0 Å². The Kier molecular flexibility index (Phi) is 1.70. The van der Waals surface area contributed by atoms with Gasteiger partial charge in [-0.3, -0.25) is 0 Å². The number of hydrogen-bond donors (Lipinski definition) is 1. The van der Waals surface area contributed by atoms with Crippen LogP contribution in [0.3, 0.4) is 0 Å². The molecule has 2 atom stereocenters. The quantitative estimate of drug-likeness (QED) is 0.510. The topological polar surface area (TPSA) is 12.0 Å². The molecule has 40 valence electrons. The SMILES string of the molecule is CCC1C=CNP1. The number of rotatable bonds is 1. The summed E-state index contributed by atoms with van der Waals surface area (Å²) in [6.45, 7) is 2.22. The van der Waals surface area contributed by atoms with Gasteiger partial charge in [0.25, 0.3) is 0 Å². The van der Waals surface area contributed by atoms with Gasteiger partial charge in [0, 0.05) is 5.66 Å². The highest BCUT2D eigenvalue weighted by Gasteiger charge is 2.03. The molecule has 7 heavy (non-hydrogen) atoms. The van der Waals surface area contributed by atoms with E-state index in [2.05, 4.69) is 18.1 Å². The molecule has 0 saturated heterocycles. The van der Waals surface area contributed by atoms with Crippen LogP contribution < -0.4 is 5.09 Å². The Morgan fingerprint density at radius 2 is 2.71 bits per heavy atom. The van der Waals surface area contributed by atoms with Crippen molar-refractivity contribution in [1.82, 2.24) is 5.09 Å². The molecule has 0 aliphatic carbocycles. The average Bonchev–Trinajstić information content (AvgIpc) is 2.14. The summed E-state index contributed by atoms with van der Waals surface area (Å²) >= 11 is 0. The van der Waals surface area contributed by atoms with Crippen LogP contribution >= 0.6 is 8.73 Å². The summed E-state index contributed by atoms with van der Waals surface area (Å²) in [5, 5.41) is 3.17. The summed E-state index contributed by atoms with van der Waals surface area (Å²) in [4.78, 5) is 0. The predicted octanol–water partition coefficient (Wildman–Crippen LogP) is 1.48. The maximum atomic E-state index is 3.17. The highest BCUT2D eigenvalue weighted by molar-refractivity contribution is 7.37. The molecule has 0 fully saturated rings. The highest BCUT2D eigenvalue weighted by atomic mass is 31.1. The molecule has 0 spiro atoms. The van der Waals surface area contributed by atoms with E-state index < -0.39 is 0 Å². The Bertz CT molecular complexity index is 80.1. The van der Waals surface area contributed by atoms with Gasteiger partial charge >= 0.3 is 0 Å². The first-order valence-electron chi connectivity index (χ1n) is 2.61. The zero-order valence-electron chi connectivity index (χ0n) is 4.44. The minimum absolute atomic E-state index is 0.833. The molecule has 1 rings (SSSR count). The maximum absolute atomic E-state index is 3.17. The molecule has 1 heterocycles. The van der Waals surface area contributed by atoms with E-state index >= 15 is 0 Å². The molecular weight excluding hydrogens is 105 g/mol. The van der Waals surface area contributed by atoms with Crippen LogP contribution in [0.4, 0.5) is 0 Å². The number of hydrogen-bond acceptors (Lipinski definition) is 1. The molecule has 0 amide bonds. The van der Waals surface area contributed by atoms with Gasteiger partial charge in [0.15, 0.2) is 0 Å². The van der Waals surface area contributed by atoms with Crippen LogP contribution in [0.1, 0.15) is 13.3 Å². The molecule has 0 radical (unpaired) electrons. The summed E-state index contributed by atoms with van der Waals surface area (Å²) in [7, 11) is 0.939. The van der Waals surface area contributed by atoms with Gasteiger partial charge in [-0.1, -0.05) is 13.0 Å². The van der Waals surface area contributed by atoms with Crippen LogP contribution in [0.2, 0.25) is 0 Å². The number of allylic oxidation sites excluding steroid dienone is 1. The molecule has 2 unspecified atom stereocenters. The minimum Gasteiger partial charge on any atom is -0.372 e. The summed E-state index contributed by atoms with van der Waals surface area (Å²) in [6.07, 6.45) is 5.56. The monoisotopic (exact) mass is 115 g/mol. The van der Waals surface area contributed by atoms with Gasteiger partial charge in [-0.15, -0.1) is 0 Å². The van der Waals surface area contributed by atoms with Crippen LogP contribution in [0.5, 0.6) is 0 Å². The molecule has 1 aliphatic heterocycles. The standard InChI is InChI=1S/C5H10NP/c1-2-5-3-4-6-7-5/h3-7H,2H2,1H3. The molecule has 2 heteroatoms. The van der Waals surface area contributed by atoms with E-state index in [0.29, 0.717) is 0 Å². The normalized spacial score (nSPS) is 31.3. The van der Waals surface area contributed by atoms with Gasteiger partial charge in [-0.2, -0.15) is 0 Å². The summed E-state index contributed by atoms with van der Waals surface area (Å²) < 4.78 is 0. The van der Waals surface area contributed by atoms with Crippen molar-refractivity contribution in [2.45, 2.75) is 19.0 Å². The van der Waals surface area contributed by atoms with E-state index in [1.807, 2.05) is 6.20 Å². The fraction of sp³-hybridized carbons (Fsp3) is 0.600. The lowest BCUT2D eigenvalue weighted by Gasteiger charge is -1.98. The van der Waals surface area contributed by atoms with Crippen molar-refractivity contribution in [1.29, 1.82) is 0 Å². The highest BCUT2D eigenvalue weighted by Crippen LogP contribution is 2.22. The lowest BCUT2D eigenvalue weighted by Crippen LogP contribution is -1.89. The van der Waals surface area contributed by atoms with Crippen molar-refractivity contribution < 1.29 is 0 Å². The van der Waals surface area contributed by atoms with Crippen molar-refractivity contribution in [3.05, 3.63) is 12.3 Å². The first-order chi connectivity index (χ1) is 3.43. The van der Waals surface area contributed by atoms with Gasteiger partial charge in [0.1, 0.15) is 0 Å². The molecule has 0 aromatic carbocycles. The Labute approximate surface area is 46.0 Å². The van der Waals surface area contributed by atoms with Gasteiger partial charge in [0.2, 0.25) is 0 Å². The molecule has 0 aromatic heterocycles. The van der Waals surface area contributed by atoms with Crippen molar-refractivity contribution >= 4 is 8.73 Å². The maximum Gasteiger partial charge on any atom is 0.0138 e. The summed E-state index contributed by atoms with van der Waals surface area (Å²) in [5.74, 6) is 0. The zero-order valence-corrected chi connectivity index (χ0v) is 5.44.